The number of rotatable bonds is 4. The number of hydrogen-bond acceptors (Lipinski definition) is 7. The fourth-order valence-electron chi connectivity index (χ4n) is 1.19. The highest BCUT2D eigenvalue weighted by Crippen LogP contribution is 2.27. The van der Waals surface area contributed by atoms with Gasteiger partial charge in [0.05, 0.1) is 19.3 Å². The lowest BCUT2D eigenvalue weighted by atomic mass is 10.4. The van der Waals surface area contributed by atoms with Crippen LogP contribution in [-0.2, 0) is 11.3 Å². The van der Waals surface area contributed by atoms with E-state index in [1.54, 1.807) is 12.3 Å². The smallest absolute Gasteiger partial charge is 0.351 e. The first-order valence-corrected chi connectivity index (χ1v) is 6.15. The van der Waals surface area contributed by atoms with Crippen molar-refractivity contribution in [1.29, 1.82) is 0 Å². The molecule has 0 aliphatic carbocycles. The quantitative estimate of drug-likeness (QED) is 0.865. The molecule has 0 amide bonds. The number of esters is 1. The molecule has 0 fully saturated rings. The molecule has 0 aromatic carbocycles. The Labute approximate surface area is 112 Å². The van der Waals surface area contributed by atoms with Gasteiger partial charge in [-0.2, -0.15) is 10.2 Å². The SMILES string of the molecule is COC(=O)c1sc(NCc2cccnn2)nc1Cl. The lowest BCUT2D eigenvalue weighted by Crippen LogP contribution is -2.01. The molecule has 0 atom stereocenters. The first kappa shape index (κ1) is 12.7. The Morgan fingerprint density at radius 1 is 1.61 bits per heavy atom. The van der Waals surface area contributed by atoms with Gasteiger partial charge in [0.2, 0.25) is 0 Å². The summed E-state index contributed by atoms with van der Waals surface area (Å²) in [6.07, 6.45) is 1.60. The van der Waals surface area contributed by atoms with Crippen LogP contribution in [-0.4, -0.2) is 28.3 Å². The van der Waals surface area contributed by atoms with E-state index < -0.39 is 5.97 Å². The van der Waals surface area contributed by atoms with E-state index in [1.165, 1.54) is 7.11 Å². The third kappa shape index (κ3) is 2.93. The van der Waals surface area contributed by atoms with Gasteiger partial charge in [0.25, 0.3) is 0 Å². The Hall–Kier alpha value is -1.73. The van der Waals surface area contributed by atoms with Crippen LogP contribution in [0.2, 0.25) is 5.15 Å². The molecule has 1 N–H and O–H groups in total. The van der Waals surface area contributed by atoms with Crippen molar-refractivity contribution in [2.24, 2.45) is 0 Å². The van der Waals surface area contributed by atoms with Gasteiger partial charge in [-0.25, -0.2) is 9.78 Å². The van der Waals surface area contributed by atoms with Crippen LogP contribution in [0, 0.1) is 0 Å². The van der Waals surface area contributed by atoms with Crippen LogP contribution in [0.1, 0.15) is 15.4 Å². The number of carbonyl (C=O) groups excluding carboxylic acids is 1. The minimum atomic E-state index is -0.495. The highest BCUT2D eigenvalue weighted by atomic mass is 35.5. The third-order valence-electron chi connectivity index (χ3n) is 2.00. The Morgan fingerprint density at radius 3 is 3.11 bits per heavy atom. The summed E-state index contributed by atoms with van der Waals surface area (Å²) >= 11 is 6.97. The summed E-state index contributed by atoms with van der Waals surface area (Å²) in [5, 5.41) is 11.3. The van der Waals surface area contributed by atoms with E-state index in [0.29, 0.717) is 11.7 Å². The zero-order chi connectivity index (χ0) is 13.0. The lowest BCUT2D eigenvalue weighted by Gasteiger charge is -1.99. The summed E-state index contributed by atoms with van der Waals surface area (Å²) in [6.45, 7) is 0.457. The molecular weight excluding hydrogens is 276 g/mol. The zero-order valence-corrected chi connectivity index (χ0v) is 11.0. The largest absolute Gasteiger partial charge is 0.465 e. The van der Waals surface area contributed by atoms with Crippen LogP contribution in [0.4, 0.5) is 5.13 Å². The first-order chi connectivity index (χ1) is 8.70. The summed E-state index contributed by atoms with van der Waals surface area (Å²) in [4.78, 5) is 15.6. The summed E-state index contributed by atoms with van der Waals surface area (Å²) in [6, 6.07) is 3.62. The van der Waals surface area contributed by atoms with Gasteiger partial charge < -0.3 is 10.1 Å². The molecule has 0 aliphatic rings. The maximum absolute atomic E-state index is 11.3. The van der Waals surface area contributed by atoms with E-state index in [-0.39, 0.29) is 10.0 Å². The number of nitrogens with one attached hydrogen (secondary N) is 1. The van der Waals surface area contributed by atoms with Crippen LogP contribution in [0.25, 0.3) is 0 Å². The van der Waals surface area contributed by atoms with Gasteiger partial charge in [-0.1, -0.05) is 22.9 Å². The van der Waals surface area contributed by atoms with Crippen LogP contribution in [0.5, 0.6) is 0 Å². The van der Waals surface area contributed by atoms with E-state index in [0.717, 1.165) is 17.0 Å². The van der Waals surface area contributed by atoms with Crippen molar-refractivity contribution in [3.8, 4) is 0 Å². The second-order valence-electron chi connectivity index (χ2n) is 3.20. The second-order valence-corrected chi connectivity index (χ2v) is 4.56. The number of carbonyl (C=O) groups is 1. The van der Waals surface area contributed by atoms with Crippen molar-refractivity contribution in [2.75, 3.05) is 12.4 Å². The maximum atomic E-state index is 11.3. The average molecular weight is 285 g/mol. The number of thiazole rings is 1. The van der Waals surface area contributed by atoms with E-state index >= 15 is 0 Å². The van der Waals surface area contributed by atoms with Gasteiger partial charge in [0, 0.05) is 6.20 Å². The highest BCUT2D eigenvalue weighted by Gasteiger charge is 2.17. The molecule has 8 heteroatoms. The molecule has 2 heterocycles. The molecule has 2 rings (SSSR count). The molecule has 2 aromatic rings. The van der Waals surface area contributed by atoms with E-state index in [9.17, 15) is 4.79 Å². The third-order valence-corrected chi connectivity index (χ3v) is 3.38. The van der Waals surface area contributed by atoms with Crippen molar-refractivity contribution < 1.29 is 9.53 Å². The molecule has 0 unspecified atom stereocenters. The molecule has 6 nitrogen and oxygen atoms in total. The normalized spacial score (nSPS) is 10.1. The predicted molar refractivity (Wildman–Crippen MR) is 67.8 cm³/mol. The number of methoxy groups -OCH3 is 1. The van der Waals surface area contributed by atoms with Gasteiger partial charge in [-0.3, -0.25) is 0 Å². The van der Waals surface area contributed by atoms with E-state index in [2.05, 4.69) is 25.2 Å². The summed E-state index contributed by atoms with van der Waals surface area (Å²) in [5.74, 6) is -0.495. The van der Waals surface area contributed by atoms with Gasteiger partial charge in [-0.05, 0) is 12.1 Å². The minimum Gasteiger partial charge on any atom is -0.465 e. The maximum Gasteiger partial charge on any atom is 0.351 e. The molecule has 94 valence electrons. The van der Waals surface area contributed by atoms with Gasteiger partial charge in [-0.15, -0.1) is 0 Å². The first-order valence-electron chi connectivity index (χ1n) is 4.96. The number of aromatic nitrogens is 3. The number of halogens is 1. The second kappa shape index (κ2) is 5.74. The fourth-order valence-corrected chi connectivity index (χ4v) is 2.29. The summed E-state index contributed by atoms with van der Waals surface area (Å²) < 4.78 is 4.59. The van der Waals surface area contributed by atoms with Crippen molar-refractivity contribution in [1.82, 2.24) is 15.2 Å². The molecule has 0 bridgehead atoms. The van der Waals surface area contributed by atoms with E-state index in [4.69, 9.17) is 11.6 Å². The topological polar surface area (TPSA) is 77.0 Å². The van der Waals surface area contributed by atoms with Crippen LogP contribution in [0.3, 0.4) is 0 Å². The standard InChI is InChI=1S/C10H9ClN4O2S/c1-17-9(16)7-8(11)14-10(18-7)12-5-6-3-2-4-13-15-6/h2-4H,5H2,1H3,(H,12,14). The number of anilines is 1. The molecule has 2 aromatic heterocycles. The highest BCUT2D eigenvalue weighted by molar-refractivity contribution is 7.18. The van der Waals surface area contributed by atoms with Gasteiger partial charge in [0.15, 0.2) is 15.2 Å². The Balaban J connectivity index is 2.05. The molecule has 0 radical (unpaired) electrons. The zero-order valence-electron chi connectivity index (χ0n) is 9.38. The van der Waals surface area contributed by atoms with Crippen molar-refractivity contribution in [2.45, 2.75) is 6.54 Å². The molecule has 18 heavy (non-hydrogen) atoms. The molecule has 0 saturated carbocycles. The Morgan fingerprint density at radius 2 is 2.44 bits per heavy atom. The van der Waals surface area contributed by atoms with Gasteiger partial charge in [0.1, 0.15) is 0 Å². The minimum absolute atomic E-state index is 0.133. The van der Waals surface area contributed by atoms with Crippen LogP contribution >= 0.6 is 22.9 Å². The molecule has 0 aliphatic heterocycles. The van der Waals surface area contributed by atoms with Crippen LogP contribution < -0.4 is 5.32 Å². The molecule has 0 spiro atoms. The number of ether oxygens (including phenoxy) is 1. The predicted octanol–water partition coefficient (Wildman–Crippen LogP) is 1.99. The Kier molecular flexibility index (Phi) is 4.06. The summed E-state index contributed by atoms with van der Waals surface area (Å²) in [5.41, 5.74) is 0.767. The van der Waals surface area contributed by atoms with Crippen molar-refractivity contribution in [3.05, 3.63) is 34.1 Å². The van der Waals surface area contributed by atoms with Gasteiger partial charge >= 0.3 is 5.97 Å². The van der Waals surface area contributed by atoms with Crippen molar-refractivity contribution in [3.63, 3.8) is 0 Å². The molecular formula is C10H9ClN4O2S. The number of nitrogens with zero attached hydrogens (tertiary/aromatic N) is 3. The summed E-state index contributed by atoms with van der Waals surface area (Å²) in [7, 11) is 1.30. The molecule has 0 saturated heterocycles. The lowest BCUT2D eigenvalue weighted by molar-refractivity contribution is 0.0606. The van der Waals surface area contributed by atoms with E-state index in [1.807, 2.05) is 6.07 Å². The average Bonchev–Trinajstić information content (AvgIpc) is 2.78. The fraction of sp³-hybridized carbons (Fsp3) is 0.200. The van der Waals surface area contributed by atoms with Crippen molar-refractivity contribution >= 4 is 34.0 Å². The Bertz CT molecular complexity index is 546. The number of hydrogen-bond donors (Lipinski definition) is 1. The monoisotopic (exact) mass is 284 g/mol. The van der Waals surface area contributed by atoms with Crippen LogP contribution in [0.15, 0.2) is 18.3 Å².